The van der Waals surface area contributed by atoms with Gasteiger partial charge in [-0.15, -0.1) is 0 Å². The van der Waals surface area contributed by atoms with E-state index in [0.717, 1.165) is 15.4 Å². The van der Waals surface area contributed by atoms with Crippen LogP contribution >= 0.6 is 31.9 Å². The van der Waals surface area contributed by atoms with Gasteiger partial charge in [0.2, 0.25) is 0 Å². The first-order valence-electron chi connectivity index (χ1n) is 4.64. The number of alkyl halides is 1. The van der Waals surface area contributed by atoms with Crippen molar-refractivity contribution in [1.29, 1.82) is 0 Å². The largest absolute Gasteiger partial charge is 0.359 e. The van der Waals surface area contributed by atoms with Gasteiger partial charge in [-0.3, -0.25) is 0 Å². The third-order valence-corrected chi connectivity index (χ3v) is 3.46. The van der Waals surface area contributed by atoms with Gasteiger partial charge in [-0.2, -0.15) is 0 Å². The lowest BCUT2D eigenvalue weighted by Crippen LogP contribution is -2.04. The van der Waals surface area contributed by atoms with Gasteiger partial charge in [0.25, 0.3) is 0 Å². The highest BCUT2D eigenvalue weighted by molar-refractivity contribution is 9.10. The van der Waals surface area contributed by atoms with Crippen LogP contribution in [0.4, 0.5) is 0 Å². The summed E-state index contributed by atoms with van der Waals surface area (Å²) in [7, 11) is 1.62. The molecule has 15 heavy (non-hydrogen) atoms. The van der Waals surface area contributed by atoms with E-state index in [1.165, 1.54) is 5.56 Å². The van der Waals surface area contributed by atoms with Crippen LogP contribution in [0.2, 0.25) is 0 Å². The molecule has 0 N–H and O–H groups in total. The van der Waals surface area contributed by atoms with E-state index >= 15 is 0 Å². The van der Waals surface area contributed by atoms with E-state index in [0.29, 0.717) is 6.79 Å². The van der Waals surface area contributed by atoms with Crippen molar-refractivity contribution < 1.29 is 9.47 Å². The lowest BCUT2D eigenvalue weighted by Gasteiger charge is -2.15. The third-order valence-electron chi connectivity index (χ3n) is 2.09. The van der Waals surface area contributed by atoms with E-state index in [4.69, 9.17) is 9.47 Å². The fourth-order valence-corrected chi connectivity index (χ4v) is 2.17. The minimum Gasteiger partial charge on any atom is -0.359 e. The molecule has 0 amide bonds. The van der Waals surface area contributed by atoms with Gasteiger partial charge in [0.05, 0.1) is 6.10 Å². The Morgan fingerprint density at radius 1 is 1.40 bits per heavy atom. The molecule has 1 rings (SSSR count). The van der Waals surface area contributed by atoms with Crippen molar-refractivity contribution in [2.45, 2.75) is 18.4 Å². The van der Waals surface area contributed by atoms with E-state index in [1.54, 1.807) is 7.11 Å². The van der Waals surface area contributed by atoms with Gasteiger partial charge >= 0.3 is 0 Å². The summed E-state index contributed by atoms with van der Waals surface area (Å²) in [4.78, 5) is 0. The molecule has 0 saturated carbocycles. The quantitative estimate of drug-likeness (QED) is 0.596. The van der Waals surface area contributed by atoms with Crippen molar-refractivity contribution in [3.63, 3.8) is 0 Å². The summed E-state index contributed by atoms with van der Waals surface area (Å²) in [6, 6.07) is 6.24. The van der Waals surface area contributed by atoms with Crippen molar-refractivity contribution in [3.8, 4) is 0 Å². The zero-order chi connectivity index (χ0) is 11.3. The molecule has 1 aromatic carbocycles. The zero-order valence-corrected chi connectivity index (χ0v) is 12.0. The van der Waals surface area contributed by atoms with Gasteiger partial charge in [0.1, 0.15) is 6.79 Å². The number of methoxy groups -OCH3 is 1. The van der Waals surface area contributed by atoms with Crippen LogP contribution in [0.5, 0.6) is 0 Å². The maximum absolute atomic E-state index is 5.49. The molecule has 1 unspecified atom stereocenters. The van der Waals surface area contributed by atoms with Crippen LogP contribution in [0.15, 0.2) is 22.7 Å². The molecule has 0 aliphatic rings. The Kier molecular flexibility index (Phi) is 5.82. The first kappa shape index (κ1) is 13.2. The summed E-state index contributed by atoms with van der Waals surface area (Å²) in [5, 5.41) is 0.851. The average Bonchev–Trinajstić information content (AvgIpc) is 2.26. The van der Waals surface area contributed by atoms with Crippen LogP contribution in [0.1, 0.15) is 24.2 Å². The van der Waals surface area contributed by atoms with Gasteiger partial charge < -0.3 is 9.47 Å². The number of ether oxygens (including phenoxy) is 2. The Balaban J connectivity index is 2.81. The van der Waals surface area contributed by atoms with Crippen LogP contribution in [0.3, 0.4) is 0 Å². The van der Waals surface area contributed by atoms with Crippen LogP contribution in [-0.2, 0) is 14.8 Å². The Morgan fingerprint density at radius 2 is 2.13 bits per heavy atom. The molecule has 0 bridgehead atoms. The molecular formula is C11H14Br2O2. The van der Waals surface area contributed by atoms with Crippen LogP contribution in [0.25, 0.3) is 0 Å². The van der Waals surface area contributed by atoms with Gasteiger partial charge in [-0.1, -0.05) is 44.0 Å². The smallest absolute Gasteiger partial charge is 0.147 e. The summed E-state index contributed by atoms with van der Waals surface area (Å²) >= 11 is 6.95. The Morgan fingerprint density at radius 3 is 2.73 bits per heavy atom. The van der Waals surface area contributed by atoms with E-state index in [2.05, 4.69) is 44.0 Å². The second-order valence-corrected chi connectivity index (χ2v) is 4.62. The standard InChI is InChI=1S/C11H14Br2O2/c1-8(15-7-14-2)10-5-9(6-12)3-4-11(10)13/h3-5,8H,6-7H2,1-2H3. The lowest BCUT2D eigenvalue weighted by atomic mass is 10.1. The van der Waals surface area contributed by atoms with Crippen molar-refractivity contribution >= 4 is 31.9 Å². The van der Waals surface area contributed by atoms with Gasteiger partial charge in [0.15, 0.2) is 0 Å². The van der Waals surface area contributed by atoms with E-state index in [9.17, 15) is 0 Å². The minimum absolute atomic E-state index is 0.0262. The van der Waals surface area contributed by atoms with Gasteiger partial charge in [-0.25, -0.2) is 0 Å². The third kappa shape index (κ3) is 3.87. The lowest BCUT2D eigenvalue weighted by molar-refractivity contribution is -0.0668. The number of hydrogen-bond acceptors (Lipinski definition) is 2. The fraction of sp³-hybridized carbons (Fsp3) is 0.455. The normalized spacial score (nSPS) is 12.8. The minimum atomic E-state index is 0.0262. The maximum atomic E-state index is 5.49. The highest BCUT2D eigenvalue weighted by atomic mass is 79.9. The first-order valence-corrected chi connectivity index (χ1v) is 6.55. The van der Waals surface area contributed by atoms with Gasteiger partial charge in [-0.05, 0) is 24.1 Å². The van der Waals surface area contributed by atoms with Crippen molar-refractivity contribution in [2.75, 3.05) is 13.9 Å². The summed E-state index contributed by atoms with van der Waals surface area (Å²) in [6.45, 7) is 2.32. The second kappa shape index (κ2) is 6.63. The zero-order valence-electron chi connectivity index (χ0n) is 8.80. The highest BCUT2D eigenvalue weighted by Gasteiger charge is 2.10. The summed E-state index contributed by atoms with van der Waals surface area (Å²) in [5.41, 5.74) is 2.38. The Bertz CT molecular complexity index is 315. The topological polar surface area (TPSA) is 18.5 Å². The molecule has 0 aliphatic carbocycles. The van der Waals surface area contributed by atoms with Crippen molar-refractivity contribution in [3.05, 3.63) is 33.8 Å². The number of hydrogen-bond donors (Lipinski definition) is 0. The number of benzene rings is 1. The molecule has 0 spiro atoms. The van der Waals surface area contributed by atoms with E-state index in [-0.39, 0.29) is 6.10 Å². The van der Waals surface area contributed by atoms with Gasteiger partial charge in [0, 0.05) is 16.9 Å². The molecule has 0 saturated heterocycles. The molecule has 0 fully saturated rings. The predicted octanol–water partition coefficient (Wildman–Crippen LogP) is 4.03. The van der Waals surface area contributed by atoms with Crippen molar-refractivity contribution in [2.24, 2.45) is 0 Å². The second-order valence-electron chi connectivity index (χ2n) is 3.20. The van der Waals surface area contributed by atoms with Crippen molar-refractivity contribution in [1.82, 2.24) is 0 Å². The Labute approximate surface area is 107 Å². The van der Waals surface area contributed by atoms with E-state index in [1.807, 2.05) is 13.0 Å². The number of halogens is 2. The molecule has 0 radical (unpaired) electrons. The molecule has 0 aliphatic heterocycles. The first-order chi connectivity index (χ1) is 7.19. The molecule has 4 heteroatoms. The molecule has 84 valence electrons. The predicted molar refractivity (Wildman–Crippen MR) is 68.1 cm³/mol. The summed E-state index contributed by atoms with van der Waals surface area (Å²) in [6.07, 6.45) is 0.0262. The monoisotopic (exact) mass is 336 g/mol. The number of rotatable bonds is 5. The average molecular weight is 338 g/mol. The molecule has 0 aromatic heterocycles. The molecule has 0 heterocycles. The molecule has 1 aromatic rings. The van der Waals surface area contributed by atoms with Crippen LogP contribution < -0.4 is 0 Å². The SMILES string of the molecule is COCOC(C)c1cc(CBr)ccc1Br. The van der Waals surface area contributed by atoms with Crippen LogP contribution in [0, 0.1) is 0 Å². The summed E-state index contributed by atoms with van der Waals surface area (Å²) < 4.78 is 11.4. The van der Waals surface area contributed by atoms with Crippen LogP contribution in [-0.4, -0.2) is 13.9 Å². The Hall–Kier alpha value is 0.1000. The van der Waals surface area contributed by atoms with E-state index < -0.39 is 0 Å². The maximum Gasteiger partial charge on any atom is 0.147 e. The molecule has 1 atom stereocenters. The highest BCUT2D eigenvalue weighted by Crippen LogP contribution is 2.27. The molecule has 2 nitrogen and oxygen atoms in total. The summed E-state index contributed by atoms with van der Waals surface area (Å²) in [5.74, 6) is 0. The molecular weight excluding hydrogens is 324 g/mol. The fourth-order valence-electron chi connectivity index (χ4n) is 1.25.